The Morgan fingerprint density at radius 1 is 1.00 bits per heavy atom. The Morgan fingerprint density at radius 3 is 2.32 bits per heavy atom. The number of aryl methyl sites for hydroxylation is 3. The summed E-state index contributed by atoms with van der Waals surface area (Å²) in [4.78, 5) is 22.8. The van der Waals surface area contributed by atoms with Crippen LogP contribution in [0, 0.1) is 13.8 Å². The van der Waals surface area contributed by atoms with Gasteiger partial charge in [0, 0.05) is 0 Å². The van der Waals surface area contributed by atoms with Crippen LogP contribution < -0.4 is 9.47 Å². The lowest BCUT2D eigenvalue weighted by molar-refractivity contribution is 0.0679. The molecule has 150 valence electrons. The molecule has 0 radical (unpaired) electrons. The molecule has 6 nitrogen and oxygen atoms in total. The molecule has 0 amide bonds. The molecular weight excluding hydrogens is 360 g/mol. The Morgan fingerprint density at radius 2 is 1.71 bits per heavy atom. The summed E-state index contributed by atoms with van der Waals surface area (Å²) in [6.45, 7) is 7.69. The maximum Gasteiger partial charge on any atom is 0.339 e. The third kappa shape index (κ3) is 5.49. The number of rotatable bonds is 9. The van der Waals surface area contributed by atoms with Crippen molar-refractivity contribution in [1.29, 1.82) is 0 Å². The van der Waals surface area contributed by atoms with Crippen LogP contribution in [0.25, 0.3) is 0 Å². The maximum atomic E-state index is 11.5. The van der Waals surface area contributed by atoms with Crippen molar-refractivity contribution >= 4 is 11.9 Å². The van der Waals surface area contributed by atoms with E-state index in [-0.39, 0.29) is 17.2 Å². The van der Waals surface area contributed by atoms with Crippen LogP contribution in [0.5, 0.6) is 11.5 Å². The summed E-state index contributed by atoms with van der Waals surface area (Å²) < 4.78 is 11.3. The van der Waals surface area contributed by atoms with Crippen molar-refractivity contribution in [1.82, 2.24) is 0 Å². The highest BCUT2D eigenvalue weighted by Crippen LogP contribution is 2.26. The van der Waals surface area contributed by atoms with E-state index in [1.54, 1.807) is 31.2 Å². The molecule has 28 heavy (non-hydrogen) atoms. The van der Waals surface area contributed by atoms with Crippen molar-refractivity contribution in [3.8, 4) is 11.5 Å². The second-order valence-electron chi connectivity index (χ2n) is 7.01. The highest BCUT2D eigenvalue weighted by molar-refractivity contribution is 5.92. The monoisotopic (exact) mass is 386 g/mol. The lowest BCUT2D eigenvalue weighted by Gasteiger charge is -2.14. The number of aromatic carboxylic acids is 2. The van der Waals surface area contributed by atoms with Crippen LogP contribution >= 0.6 is 0 Å². The maximum absolute atomic E-state index is 11.5. The first-order valence-corrected chi connectivity index (χ1v) is 9.19. The summed E-state index contributed by atoms with van der Waals surface area (Å²) in [5.74, 6) is -1.31. The third-order valence-corrected chi connectivity index (χ3v) is 4.16. The number of ether oxygens (including phenoxy) is 2. The summed E-state index contributed by atoms with van der Waals surface area (Å²) in [7, 11) is 0. The Balaban J connectivity index is 2.04. The quantitative estimate of drug-likeness (QED) is 0.617. The van der Waals surface area contributed by atoms with Crippen molar-refractivity contribution in [2.75, 3.05) is 6.61 Å². The zero-order chi connectivity index (χ0) is 20.8. The lowest BCUT2D eigenvalue weighted by Crippen LogP contribution is -2.10. The largest absolute Gasteiger partial charge is 0.493 e. The summed E-state index contributed by atoms with van der Waals surface area (Å²) in [6.07, 6.45) is 1.18. The number of carbonyl (C=O) groups is 2. The number of hydrogen-bond acceptors (Lipinski definition) is 4. The first kappa shape index (κ1) is 21.3. The van der Waals surface area contributed by atoms with Crippen molar-refractivity contribution in [2.24, 2.45) is 0 Å². The molecule has 0 spiro atoms. The Kier molecular flexibility index (Phi) is 7.04. The second kappa shape index (κ2) is 9.26. The standard InChI is InChI=1S/C22H26O6/c1-13(2)28-18-12-16(7-8-17(18)21(23)24)6-5-9-27-19-11-14(3)10-15(4)20(19)22(25)26/h7-8,10-13H,5-6,9H2,1-4H3,(H,23,24)(H,25,26). The average Bonchev–Trinajstić information content (AvgIpc) is 2.57. The molecule has 0 saturated heterocycles. The molecular formula is C22H26O6. The first-order chi connectivity index (χ1) is 13.2. The van der Waals surface area contributed by atoms with Gasteiger partial charge in [-0.2, -0.15) is 0 Å². The number of carboxylic acids is 2. The minimum atomic E-state index is -1.03. The van der Waals surface area contributed by atoms with Gasteiger partial charge in [0.05, 0.1) is 12.7 Å². The summed E-state index contributed by atoms with van der Waals surface area (Å²) in [5.41, 5.74) is 2.86. The summed E-state index contributed by atoms with van der Waals surface area (Å²) in [5, 5.41) is 18.7. The summed E-state index contributed by atoms with van der Waals surface area (Å²) >= 11 is 0. The van der Waals surface area contributed by atoms with E-state index >= 15 is 0 Å². The van der Waals surface area contributed by atoms with Gasteiger partial charge in [-0.25, -0.2) is 9.59 Å². The van der Waals surface area contributed by atoms with Gasteiger partial charge in [-0.15, -0.1) is 0 Å². The first-order valence-electron chi connectivity index (χ1n) is 9.19. The van der Waals surface area contributed by atoms with E-state index in [2.05, 4.69) is 0 Å². The molecule has 0 bridgehead atoms. The minimum absolute atomic E-state index is 0.129. The molecule has 0 unspecified atom stereocenters. The fraction of sp³-hybridized carbons (Fsp3) is 0.364. The Bertz CT molecular complexity index is 870. The van der Waals surface area contributed by atoms with Crippen LogP contribution in [0.15, 0.2) is 30.3 Å². The molecule has 2 aromatic carbocycles. The number of carboxylic acid groups (broad SMARTS) is 2. The zero-order valence-corrected chi connectivity index (χ0v) is 16.6. The zero-order valence-electron chi connectivity index (χ0n) is 16.6. The van der Waals surface area contributed by atoms with E-state index in [0.717, 1.165) is 11.1 Å². The predicted octanol–water partition coefficient (Wildman–Crippen LogP) is 4.50. The van der Waals surface area contributed by atoms with E-state index in [0.29, 0.717) is 36.5 Å². The van der Waals surface area contributed by atoms with Gasteiger partial charge in [0.15, 0.2) is 0 Å². The lowest BCUT2D eigenvalue weighted by atomic mass is 10.0. The molecule has 0 aliphatic rings. The van der Waals surface area contributed by atoms with Gasteiger partial charge in [-0.1, -0.05) is 12.1 Å². The van der Waals surface area contributed by atoms with Crippen molar-refractivity contribution < 1.29 is 29.3 Å². The third-order valence-electron chi connectivity index (χ3n) is 4.16. The molecule has 0 fully saturated rings. The predicted molar refractivity (Wildman–Crippen MR) is 106 cm³/mol. The molecule has 6 heteroatoms. The van der Waals surface area contributed by atoms with Crippen LogP contribution in [-0.4, -0.2) is 34.9 Å². The minimum Gasteiger partial charge on any atom is -0.493 e. The topological polar surface area (TPSA) is 93.1 Å². The molecule has 0 aliphatic heterocycles. The highest BCUT2D eigenvalue weighted by Gasteiger charge is 2.16. The van der Waals surface area contributed by atoms with Gasteiger partial charge in [0.25, 0.3) is 0 Å². The van der Waals surface area contributed by atoms with E-state index in [1.807, 2.05) is 26.8 Å². The molecule has 0 aromatic heterocycles. The van der Waals surface area contributed by atoms with Crippen LogP contribution in [-0.2, 0) is 6.42 Å². The van der Waals surface area contributed by atoms with Crippen LogP contribution in [0.1, 0.15) is 57.7 Å². The fourth-order valence-corrected chi connectivity index (χ4v) is 3.03. The smallest absolute Gasteiger partial charge is 0.339 e. The van der Waals surface area contributed by atoms with Gasteiger partial charge in [-0.05, 0) is 75.4 Å². The molecule has 2 aromatic rings. The molecule has 0 heterocycles. The van der Waals surface area contributed by atoms with E-state index < -0.39 is 11.9 Å². The molecule has 0 saturated carbocycles. The van der Waals surface area contributed by atoms with E-state index in [1.165, 1.54) is 0 Å². The van der Waals surface area contributed by atoms with Crippen LogP contribution in [0.3, 0.4) is 0 Å². The second-order valence-corrected chi connectivity index (χ2v) is 7.01. The van der Waals surface area contributed by atoms with Crippen LogP contribution in [0.2, 0.25) is 0 Å². The van der Waals surface area contributed by atoms with Gasteiger partial charge in [-0.3, -0.25) is 0 Å². The number of hydrogen-bond donors (Lipinski definition) is 2. The van der Waals surface area contributed by atoms with Crippen molar-refractivity contribution in [3.05, 3.63) is 58.1 Å². The van der Waals surface area contributed by atoms with Gasteiger partial charge in [0.1, 0.15) is 22.6 Å². The normalized spacial score (nSPS) is 10.8. The highest BCUT2D eigenvalue weighted by atomic mass is 16.5. The van der Waals surface area contributed by atoms with Crippen molar-refractivity contribution in [3.63, 3.8) is 0 Å². The molecule has 0 aliphatic carbocycles. The van der Waals surface area contributed by atoms with Crippen LogP contribution in [0.4, 0.5) is 0 Å². The molecule has 2 rings (SSSR count). The van der Waals surface area contributed by atoms with Gasteiger partial charge in [0.2, 0.25) is 0 Å². The Labute approximate surface area is 164 Å². The molecule has 2 N–H and O–H groups in total. The molecule has 0 atom stereocenters. The van der Waals surface area contributed by atoms with Gasteiger partial charge >= 0.3 is 11.9 Å². The average molecular weight is 386 g/mol. The number of benzene rings is 2. The van der Waals surface area contributed by atoms with Crippen molar-refractivity contribution in [2.45, 2.75) is 46.6 Å². The van der Waals surface area contributed by atoms with E-state index in [9.17, 15) is 19.8 Å². The summed E-state index contributed by atoms with van der Waals surface area (Å²) in [6, 6.07) is 8.59. The fourth-order valence-electron chi connectivity index (χ4n) is 3.03. The Hall–Kier alpha value is -3.02. The van der Waals surface area contributed by atoms with E-state index in [4.69, 9.17) is 9.47 Å². The van der Waals surface area contributed by atoms with Gasteiger partial charge < -0.3 is 19.7 Å². The SMILES string of the molecule is Cc1cc(C)c(C(=O)O)c(OCCCc2ccc(C(=O)O)c(OC(C)C)c2)c1.